The summed E-state index contributed by atoms with van der Waals surface area (Å²) in [6, 6.07) is 7.68. The van der Waals surface area contributed by atoms with E-state index in [0.717, 1.165) is 18.7 Å². The van der Waals surface area contributed by atoms with E-state index < -0.39 is 0 Å². The maximum Gasteiger partial charge on any atom is 0.143 e. The minimum atomic E-state index is 0.136. The molecule has 1 fully saturated rings. The molecule has 134 valence electrons. The second-order valence-electron chi connectivity index (χ2n) is 6.23. The number of pyridine rings is 1. The van der Waals surface area contributed by atoms with Gasteiger partial charge in [0.05, 0.1) is 17.4 Å². The van der Waals surface area contributed by atoms with Crippen molar-refractivity contribution in [1.29, 1.82) is 10.5 Å². The highest BCUT2D eigenvalue weighted by atomic mass is 32.2. The van der Waals surface area contributed by atoms with Crippen LogP contribution in [0.2, 0.25) is 0 Å². The van der Waals surface area contributed by atoms with E-state index in [1.54, 1.807) is 12.1 Å². The standard InChI is InChI=1S/C19H21N5OS/c20-12-14-17(16-6-4-10-25-16)15(13-21)19(23-18(14)22)26-11-5-9-24-7-2-1-3-8-24/h4,6,10H,1-3,5,7-9,11H2,(H2,22,23). The molecule has 7 heteroatoms. The number of hydrogen-bond acceptors (Lipinski definition) is 7. The molecule has 0 aliphatic carbocycles. The monoisotopic (exact) mass is 367 g/mol. The van der Waals surface area contributed by atoms with Gasteiger partial charge in [0.25, 0.3) is 0 Å². The molecule has 0 atom stereocenters. The number of aromatic nitrogens is 1. The number of nitrogens with zero attached hydrogens (tertiary/aromatic N) is 4. The molecule has 1 saturated heterocycles. The summed E-state index contributed by atoms with van der Waals surface area (Å²) < 4.78 is 5.42. The number of nitriles is 2. The first kappa shape index (κ1) is 18.3. The fourth-order valence-corrected chi connectivity index (χ4v) is 4.13. The van der Waals surface area contributed by atoms with Crippen molar-refractivity contribution in [3.05, 3.63) is 29.5 Å². The van der Waals surface area contributed by atoms with Gasteiger partial charge in [0.15, 0.2) is 0 Å². The Morgan fingerprint density at radius 1 is 1.19 bits per heavy atom. The maximum absolute atomic E-state index is 9.67. The normalized spacial score (nSPS) is 14.7. The van der Waals surface area contributed by atoms with Gasteiger partial charge >= 0.3 is 0 Å². The van der Waals surface area contributed by atoms with Crippen LogP contribution in [0.1, 0.15) is 36.8 Å². The van der Waals surface area contributed by atoms with Gasteiger partial charge in [-0.1, -0.05) is 6.42 Å². The zero-order valence-electron chi connectivity index (χ0n) is 14.6. The summed E-state index contributed by atoms with van der Waals surface area (Å²) in [4.78, 5) is 6.80. The van der Waals surface area contributed by atoms with Crippen LogP contribution in [-0.2, 0) is 0 Å². The van der Waals surface area contributed by atoms with Gasteiger partial charge in [-0.25, -0.2) is 4.98 Å². The third-order valence-electron chi connectivity index (χ3n) is 4.49. The lowest BCUT2D eigenvalue weighted by atomic mass is 10.0. The number of nitrogens with two attached hydrogens (primary N) is 1. The molecule has 3 heterocycles. The van der Waals surface area contributed by atoms with Crippen LogP contribution in [0.3, 0.4) is 0 Å². The van der Waals surface area contributed by atoms with Crippen molar-refractivity contribution >= 4 is 17.6 Å². The van der Waals surface area contributed by atoms with Crippen molar-refractivity contribution in [2.45, 2.75) is 30.7 Å². The number of likely N-dealkylation sites (tertiary alicyclic amines) is 1. The number of nitrogen functional groups attached to an aromatic ring is 1. The van der Waals surface area contributed by atoms with E-state index in [2.05, 4.69) is 16.0 Å². The average molecular weight is 367 g/mol. The molecule has 0 aromatic carbocycles. The second kappa shape index (κ2) is 8.75. The predicted molar refractivity (Wildman–Crippen MR) is 101 cm³/mol. The largest absolute Gasteiger partial charge is 0.464 e. The predicted octanol–water partition coefficient (Wildman–Crippen LogP) is 3.64. The van der Waals surface area contributed by atoms with Gasteiger partial charge in [0, 0.05) is 5.75 Å². The Balaban J connectivity index is 1.77. The van der Waals surface area contributed by atoms with Crippen LogP contribution in [0.25, 0.3) is 11.3 Å². The molecule has 2 N–H and O–H groups in total. The lowest BCUT2D eigenvalue weighted by Gasteiger charge is -2.26. The Kier molecular flexibility index (Phi) is 6.17. The molecular formula is C19H21N5OS. The van der Waals surface area contributed by atoms with E-state index in [0.29, 0.717) is 21.9 Å². The van der Waals surface area contributed by atoms with E-state index in [1.165, 1.54) is 50.4 Å². The Morgan fingerprint density at radius 3 is 2.62 bits per heavy atom. The third-order valence-corrected chi connectivity index (χ3v) is 5.55. The lowest BCUT2D eigenvalue weighted by molar-refractivity contribution is 0.230. The van der Waals surface area contributed by atoms with E-state index in [9.17, 15) is 10.5 Å². The average Bonchev–Trinajstić information content (AvgIpc) is 3.20. The fourth-order valence-electron chi connectivity index (χ4n) is 3.21. The zero-order chi connectivity index (χ0) is 18.4. The van der Waals surface area contributed by atoms with Gasteiger partial charge in [0.2, 0.25) is 0 Å². The van der Waals surface area contributed by atoms with Gasteiger partial charge < -0.3 is 15.1 Å². The molecule has 26 heavy (non-hydrogen) atoms. The Bertz CT molecular complexity index is 829. The summed E-state index contributed by atoms with van der Waals surface area (Å²) >= 11 is 1.51. The number of piperidine rings is 1. The number of anilines is 1. The molecule has 0 unspecified atom stereocenters. The highest BCUT2D eigenvalue weighted by molar-refractivity contribution is 7.99. The molecule has 2 aromatic heterocycles. The van der Waals surface area contributed by atoms with Crippen molar-refractivity contribution in [1.82, 2.24) is 9.88 Å². The first-order chi connectivity index (χ1) is 12.7. The number of thioether (sulfide) groups is 1. The van der Waals surface area contributed by atoms with E-state index in [4.69, 9.17) is 10.2 Å². The molecular weight excluding hydrogens is 346 g/mol. The van der Waals surface area contributed by atoms with Crippen molar-refractivity contribution in [3.63, 3.8) is 0 Å². The minimum Gasteiger partial charge on any atom is -0.464 e. The molecule has 0 radical (unpaired) electrons. The van der Waals surface area contributed by atoms with E-state index >= 15 is 0 Å². The number of rotatable bonds is 6. The summed E-state index contributed by atoms with van der Waals surface area (Å²) in [7, 11) is 0. The molecule has 1 aliphatic heterocycles. The molecule has 6 nitrogen and oxygen atoms in total. The van der Waals surface area contributed by atoms with Crippen LogP contribution in [0.5, 0.6) is 0 Å². The van der Waals surface area contributed by atoms with Crippen LogP contribution in [0.4, 0.5) is 5.82 Å². The van der Waals surface area contributed by atoms with E-state index in [1.807, 2.05) is 6.07 Å². The van der Waals surface area contributed by atoms with Crippen LogP contribution >= 0.6 is 11.8 Å². The summed E-state index contributed by atoms with van der Waals surface area (Å²) in [6.07, 6.45) is 6.44. The van der Waals surface area contributed by atoms with Gasteiger partial charge in [-0.15, -0.1) is 11.8 Å². The molecule has 2 aromatic rings. The highest BCUT2D eigenvalue weighted by Crippen LogP contribution is 2.35. The minimum absolute atomic E-state index is 0.136. The molecule has 0 bridgehead atoms. The molecule has 1 aliphatic rings. The van der Waals surface area contributed by atoms with Crippen LogP contribution in [0.15, 0.2) is 27.8 Å². The van der Waals surface area contributed by atoms with Crippen molar-refractivity contribution < 1.29 is 4.42 Å². The molecule has 0 saturated carbocycles. The van der Waals surface area contributed by atoms with Crippen molar-refractivity contribution in [3.8, 4) is 23.5 Å². The van der Waals surface area contributed by atoms with Gasteiger partial charge in [-0.2, -0.15) is 10.5 Å². The number of furan rings is 1. The van der Waals surface area contributed by atoms with Crippen LogP contribution < -0.4 is 5.73 Å². The third kappa shape index (κ3) is 4.01. The molecule has 0 amide bonds. The Morgan fingerprint density at radius 2 is 1.96 bits per heavy atom. The lowest BCUT2D eigenvalue weighted by Crippen LogP contribution is -2.30. The first-order valence-corrected chi connectivity index (χ1v) is 9.76. The summed E-state index contributed by atoms with van der Waals surface area (Å²) in [5, 5.41) is 19.7. The van der Waals surface area contributed by atoms with Crippen molar-refractivity contribution in [2.24, 2.45) is 0 Å². The van der Waals surface area contributed by atoms with Crippen molar-refractivity contribution in [2.75, 3.05) is 31.1 Å². The zero-order valence-corrected chi connectivity index (χ0v) is 15.4. The summed E-state index contributed by atoms with van der Waals surface area (Å²) in [5.74, 6) is 1.44. The Hall–Kier alpha value is -2.48. The quantitative estimate of drug-likeness (QED) is 0.614. The van der Waals surface area contributed by atoms with Gasteiger partial charge in [-0.3, -0.25) is 0 Å². The Labute approximate surface area is 157 Å². The van der Waals surface area contributed by atoms with Gasteiger partial charge in [-0.05, 0) is 51.0 Å². The highest BCUT2D eigenvalue weighted by Gasteiger charge is 2.22. The maximum atomic E-state index is 9.67. The summed E-state index contributed by atoms with van der Waals surface area (Å²) in [5.41, 5.74) is 6.96. The number of hydrogen-bond donors (Lipinski definition) is 1. The van der Waals surface area contributed by atoms with Crippen LogP contribution in [0, 0.1) is 22.7 Å². The van der Waals surface area contributed by atoms with Gasteiger partial charge in [0.1, 0.15) is 34.3 Å². The fraction of sp³-hybridized carbons (Fsp3) is 0.421. The molecule has 0 spiro atoms. The first-order valence-electron chi connectivity index (χ1n) is 8.77. The smallest absolute Gasteiger partial charge is 0.143 e. The molecule has 3 rings (SSSR count). The van der Waals surface area contributed by atoms with Crippen LogP contribution in [-0.4, -0.2) is 35.3 Å². The SMILES string of the molecule is N#Cc1c(N)nc(SCCCN2CCCCC2)c(C#N)c1-c1ccco1. The topological polar surface area (TPSA) is 103 Å². The summed E-state index contributed by atoms with van der Waals surface area (Å²) in [6.45, 7) is 3.42. The second-order valence-corrected chi connectivity index (χ2v) is 7.32. The van der Waals surface area contributed by atoms with E-state index in [-0.39, 0.29) is 11.4 Å².